The molecular weight excluding hydrogens is 292 g/mol. The van der Waals surface area contributed by atoms with Gasteiger partial charge >= 0.3 is 5.97 Å². The number of carbonyl (C=O) groups is 1. The van der Waals surface area contributed by atoms with Gasteiger partial charge in [-0.25, -0.2) is 0 Å². The minimum absolute atomic E-state index is 0.291. The topological polar surface area (TPSA) is 26.3 Å². The molecular formula is C15H13BrO2. The van der Waals surface area contributed by atoms with Crippen molar-refractivity contribution in [3.8, 4) is 11.1 Å². The number of alkyl halides is 1. The molecule has 92 valence electrons. The molecule has 0 saturated carbocycles. The van der Waals surface area contributed by atoms with Gasteiger partial charge in [-0.2, -0.15) is 0 Å². The maximum absolute atomic E-state index is 11.5. The average molecular weight is 305 g/mol. The Morgan fingerprint density at radius 1 is 1.06 bits per heavy atom. The Morgan fingerprint density at radius 3 is 2.39 bits per heavy atom. The lowest BCUT2D eigenvalue weighted by Crippen LogP contribution is -2.08. The molecule has 0 unspecified atom stereocenters. The Labute approximate surface area is 115 Å². The number of rotatable bonds is 3. The van der Waals surface area contributed by atoms with E-state index in [1.165, 1.54) is 7.11 Å². The Bertz CT molecular complexity index is 537. The summed E-state index contributed by atoms with van der Waals surface area (Å²) in [6, 6.07) is 17.9. The van der Waals surface area contributed by atoms with Gasteiger partial charge in [0.1, 0.15) is 4.83 Å². The van der Waals surface area contributed by atoms with Gasteiger partial charge in [-0.1, -0.05) is 64.5 Å². The van der Waals surface area contributed by atoms with E-state index in [-0.39, 0.29) is 5.97 Å². The van der Waals surface area contributed by atoms with Crippen molar-refractivity contribution in [2.24, 2.45) is 0 Å². The predicted octanol–water partition coefficient (Wildman–Crippen LogP) is 3.96. The molecule has 0 aliphatic heterocycles. The van der Waals surface area contributed by atoms with Gasteiger partial charge in [0.15, 0.2) is 0 Å². The van der Waals surface area contributed by atoms with Gasteiger partial charge in [-0.05, 0) is 22.8 Å². The fraction of sp³-hybridized carbons (Fsp3) is 0.133. The normalized spacial score (nSPS) is 11.9. The highest BCUT2D eigenvalue weighted by atomic mass is 79.9. The number of methoxy groups -OCH3 is 1. The number of halogens is 1. The maximum atomic E-state index is 11.5. The summed E-state index contributed by atoms with van der Waals surface area (Å²) in [4.78, 5) is 11.1. The van der Waals surface area contributed by atoms with Crippen LogP contribution in [0.25, 0.3) is 11.1 Å². The van der Waals surface area contributed by atoms with Crippen LogP contribution in [0, 0.1) is 0 Å². The number of carbonyl (C=O) groups excluding carboxylic acids is 1. The molecule has 0 aromatic heterocycles. The molecule has 0 fully saturated rings. The lowest BCUT2D eigenvalue weighted by atomic mass is 10.0. The van der Waals surface area contributed by atoms with Gasteiger partial charge in [0, 0.05) is 0 Å². The number of ether oxygens (including phenoxy) is 1. The van der Waals surface area contributed by atoms with E-state index in [0.717, 1.165) is 16.7 Å². The first-order valence-corrected chi connectivity index (χ1v) is 6.51. The largest absolute Gasteiger partial charge is 0.468 e. The molecule has 0 saturated heterocycles. The standard InChI is InChI=1S/C15H13BrO2/c1-18-15(17)14(16)13-9-5-8-12(10-13)11-6-3-2-4-7-11/h2-10,14H,1H3/t14-/m1/s1. The monoisotopic (exact) mass is 304 g/mol. The van der Waals surface area contributed by atoms with E-state index >= 15 is 0 Å². The minimum Gasteiger partial charge on any atom is -0.468 e. The molecule has 2 nitrogen and oxygen atoms in total. The molecule has 0 spiro atoms. The second kappa shape index (κ2) is 5.83. The molecule has 0 aliphatic rings. The summed E-state index contributed by atoms with van der Waals surface area (Å²) >= 11 is 3.34. The zero-order valence-electron chi connectivity index (χ0n) is 9.97. The van der Waals surface area contributed by atoms with Crippen LogP contribution in [0.4, 0.5) is 0 Å². The molecule has 0 bridgehead atoms. The highest BCUT2D eigenvalue weighted by molar-refractivity contribution is 9.09. The van der Waals surface area contributed by atoms with E-state index in [1.807, 2.05) is 54.6 Å². The summed E-state index contributed by atoms with van der Waals surface area (Å²) in [7, 11) is 1.39. The maximum Gasteiger partial charge on any atom is 0.323 e. The Morgan fingerprint density at radius 2 is 1.72 bits per heavy atom. The fourth-order valence-corrected chi connectivity index (χ4v) is 2.22. The Hall–Kier alpha value is -1.61. The van der Waals surface area contributed by atoms with Crippen molar-refractivity contribution in [2.45, 2.75) is 4.83 Å². The van der Waals surface area contributed by atoms with Crippen LogP contribution >= 0.6 is 15.9 Å². The van der Waals surface area contributed by atoms with Crippen molar-refractivity contribution >= 4 is 21.9 Å². The van der Waals surface area contributed by atoms with E-state index in [2.05, 4.69) is 15.9 Å². The summed E-state index contributed by atoms with van der Waals surface area (Å²) < 4.78 is 4.73. The van der Waals surface area contributed by atoms with Gasteiger partial charge in [0.25, 0.3) is 0 Å². The number of hydrogen-bond acceptors (Lipinski definition) is 2. The molecule has 0 heterocycles. The van der Waals surface area contributed by atoms with Crippen LogP contribution in [0.5, 0.6) is 0 Å². The molecule has 18 heavy (non-hydrogen) atoms. The van der Waals surface area contributed by atoms with Crippen LogP contribution in [-0.4, -0.2) is 13.1 Å². The summed E-state index contributed by atoms with van der Waals surface area (Å²) in [6.07, 6.45) is 0. The summed E-state index contributed by atoms with van der Waals surface area (Å²) in [5.41, 5.74) is 3.11. The second-order valence-corrected chi connectivity index (χ2v) is 4.79. The van der Waals surface area contributed by atoms with Crippen LogP contribution in [0.15, 0.2) is 54.6 Å². The molecule has 2 aromatic rings. The number of hydrogen-bond donors (Lipinski definition) is 0. The van der Waals surface area contributed by atoms with Gasteiger partial charge in [-0.3, -0.25) is 4.79 Å². The molecule has 0 aliphatic carbocycles. The van der Waals surface area contributed by atoms with E-state index in [4.69, 9.17) is 4.74 Å². The van der Waals surface area contributed by atoms with Crippen molar-refractivity contribution in [2.75, 3.05) is 7.11 Å². The third-order valence-electron chi connectivity index (χ3n) is 2.69. The Kier molecular flexibility index (Phi) is 4.15. The van der Waals surface area contributed by atoms with Gasteiger partial charge in [0.2, 0.25) is 0 Å². The summed E-state index contributed by atoms with van der Waals surface area (Å²) in [5.74, 6) is -0.291. The number of benzene rings is 2. The fourth-order valence-electron chi connectivity index (χ4n) is 1.75. The molecule has 2 rings (SSSR count). The third-order valence-corrected chi connectivity index (χ3v) is 3.60. The van der Waals surface area contributed by atoms with E-state index in [0.29, 0.717) is 0 Å². The lowest BCUT2D eigenvalue weighted by molar-refractivity contribution is -0.139. The van der Waals surface area contributed by atoms with Gasteiger partial charge < -0.3 is 4.74 Å². The molecule has 2 aromatic carbocycles. The van der Waals surface area contributed by atoms with Crippen molar-refractivity contribution < 1.29 is 9.53 Å². The minimum atomic E-state index is -0.425. The molecule has 0 N–H and O–H groups in total. The predicted molar refractivity (Wildman–Crippen MR) is 75.6 cm³/mol. The zero-order chi connectivity index (χ0) is 13.0. The SMILES string of the molecule is COC(=O)[C@H](Br)c1cccc(-c2ccccc2)c1. The van der Waals surface area contributed by atoms with Gasteiger partial charge in [0.05, 0.1) is 7.11 Å². The third kappa shape index (κ3) is 2.79. The first-order valence-electron chi connectivity index (χ1n) is 5.59. The van der Waals surface area contributed by atoms with Crippen molar-refractivity contribution in [3.63, 3.8) is 0 Å². The van der Waals surface area contributed by atoms with E-state index in [1.54, 1.807) is 0 Å². The summed E-state index contributed by atoms with van der Waals surface area (Å²) in [5, 5.41) is 0. The quantitative estimate of drug-likeness (QED) is 0.634. The second-order valence-electron chi connectivity index (χ2n) is 3.88. The highest BCUT2D eigenvalue weighted by Crippen LogP contribution is 2.28. The molecule has 1 atom stereocenters. The van der Waals surface area contributed by atoms with Crippen molar-refractivity contribution in [1.82, 2.24) is 0 Å². The summed E-state index contributed by atoms with van der Waals surface area (Å²) in [6.45, 7) is 0. The van der Waals surface area contributed by atoms with E-state index in [9.17, 15) is 4.79 Å². The van der Waals surface area contributed by atoms with Crippen LogP contribution in [0.1, 0.15) is 10.4 Å². The average Bonchev–Trinajstić information content (AvgIpc) is 2.46. The molecule has 0 radical (unpaired) electrons. The number of esters is 1. The highest BCUT2D eigenvalue weighted by Gasteiger charge is 2.17. The van der Waals surface area contributed by atoms with Crippen LogP contribution < -0.4 is 0 Å². The smallest absolute Gasteiger partial charge is 0.323 e. The van der Waals surface area contributed by atoms with Crippen LogP contribution in [0.2, 0.25) is 0 Å². The first-order chi connectivity index (χ1) is 8.72. The first kappa shape index (κ1) is 12.8. The Balaban J connectivity index is 2.34. The van der Waals surface area contributed by atoms with Crippen LogP contribution in [-0.2, 0) is 9.53 Å². The zero-order valence-corrected chi connectivity index (χ0v) is 11.6. The lowest BCUT2D eigenvalue weighted by Gasteiger charge is -2.09. The molecule has 3 heteroatoms. The van der Waals surface area contributed by atoms with Crippen molar-refractivity contribution in [1.29, 1.82) is 0 Å². The van der Waals surface area contributed by atoms with E-state index < -0.39 is 4.83 Å². The molecule has 0 amide bonds. The van der Waals surface area contributed by atoms with Crippen LogP contribution in [0.3, 0.4) is 0 Å². The van der Waals surface area contributed by atoms with Crippen molar-refractivity contribution in [3.05, 3.63) is 60.2 Å². The van der Waals surface area contributed by atoms with Gasteiger partial charge in [-0.15, -0.1) is 0 Å².